The number of fused-ring (bicyclic) bond motifs is 1. The van der Waals surface area contributed by atoms with Crippen molar-refractivity contribution in [1.82, 2.24) is 14.9 Å². The Morgan fingerprint density at radius 3 is 2.79 bits per heavy atom. The van der Waals surface area contributed by atoms with Crippen molar-refractivity contribution in [3.8, 4) is 0 Å². The molecule has 1 aliphatic rings. The lowest BCUT2D eigenvalue weighted by Gasteiger charge is -2.16. The summed E-state index contributed by atoms with van der Waals surface area (Å²) in [5, 5.41) is 21.4. The Hall–Kier alpha value is -2.48. The highest BCUT2D eigenvalue weighted by atomic mass is 32.2. The Labute approximate surface area is 142 Å². The molecular formula is C16H16N4O3S. The number of benzene rings is 1. The molecule has 24 heavy (non-hydrogen) atoms. The van der Waals surface area contributed by atoms with Gasteiger partial charge in [-0.2, -0.15) is 9.78 Å². The van der Waals surface area contributed by atoms with Gasteiger partial charge in [0.25, 0.3) is 5.56 Å². The van der Waals surface area contributed by atoms with Gasteiger partial charge in [-0.1, -0.05) is 23.9 Å². The molecule has 3 rings (SSSR count). The van der Waals surface area contributed by atoms with E-state index >= 15 is 0 Å². The molecule has 0 amide bonds. The first-order valence-electron chi connectivity index (χ1n) is 7.44. The summed E-state index contributed by atoms with van der Waals surface area (Å²) >= 11 is 1.39. The molecule has 0 atom stereocenters. The fourth-order valence-electron chi connectivity index (χ4n) is 2.30. The van der Waals surface area contributed by atoms with Crippen LogP contribution in [0.3, 0.4) is 0 Å². The van der Waals surface area contributed by atoms with E-state index in [1.807, 2.05) is 32.0 Å². The van der Waals surface area contributed by atoms with Gasteiger partial charge >= 0.3 is 5.97 Å². The van der Waals surface area contributed by atoms with Crippen molar-refractivity contribution in [3.05, 3.63) is 50.9 Å². The van der Waals surface area contributed by atoms with E-state index in [4.69, 9.17) is 5.11 Å². The fraction of sp³-hybridized carbons (Fsp3) is 0.312. The van der Waals surface area contributed by atoms with Crippen LogP contribution in [0.2, 0.25) is 0 Å². The Bertz CT molecular complexity index is 905. The molecule has 1 aromatic carbocycles. The van der Waals surface area contributed by atoms with Crippen molar-refractivity contribution in [1.29, 1.82) is 0 Å². The molecule has 0 saturated carbocycles. The van der Waals surface area contributed by atoms with Crippen LogP contribution in [0.4, 0.5) is 0 Å². The van der Waals surface area contributed by atoms with E-state index in [1.54, 1.807) is 0 Å². The Balaban J connectivity index is 2.00. The number of rotatable bonds is 4. The van der Waals surface area contributed by atoms with Crippen molar-refractivity contribution in [2.45, 2.75) is 31.8 Å². The first kappa shape index (κ1) is 16.4. The van der Waals surface area contributed by atoms with Crippen molar-refractivity contribution >= 4 is 23.4 Å². The standard InChI is InChI=1S/C16H16N4O3S/c1-9-3-4-11(7-10(9)2)13-8-24-16-18-17-12(5-6-14(21)22)15(23)20(16)19-13/h3-4,7H,5-6,8H2,1-2H3,(H,21,22). The van der Waals surface area contributed by atoms with E-state index in [0.29, 0.717) is 10.9 Å². The van der Waals surface area contributed by atoms with Crippen LogP contribution in [0.25, 0.3) is 0 Å². The number of carboxylic acids is 1. The smallest absolute Gasteiger partial charge is 0.303 e. The van der Waals surface area contributed by atoms with Gasteiger partial charge in [0.15, 0.2) is 0 Å². The Kier molecular flexibility index (Phi) is 4.48. The molecule has 0 fully saturated rings. The molecule has 1 aromatic heterocycles. The van der Waals surface area contributed by atoms with Crippen molar-refractivity contribution < 1.29 is 9.90 Å². The highest BCUT2D eigenvalue weighted by Gasteiger charge is 2.20. The monoisotopic (exact) mass is 344 g/mol. The molecular weight excluding hydrogens is 328 g/mol. The molecule has 1 aliphatic heterocycles. The zero-order valence-electron chi connectivity index (χ0n) is 13.3. The van der Waals surface area contributed by atoms with Gasteiger partial charge in [-0.3, -0.25) is 9.59 Å². The van der Waals surface area contributed by atoms with Gasteiger partial charge in [0.05, 0.1) is 12.1 Å². The minimum absolute atomic E-state index is 0.0423. The average Bonchev–Trinajstić information content (AvgIpc) is 2.56. The number of aromatic nitrogens is 3. The van der Waals surface area contributed by atoms with E-state index in [-0.39, 0.29) is 18.5 Å². The second kappa shape index (κ2) is 6.56. The molecule has 1 N–H and O–H groups in total. The number of aliphatic carboxylic acids is 1. The number of hydrogen-bond acceptors (Lipinski definition) is 6. The molecule has 0 saturated heterocycles. The van der Waals surface area contributed by atoms with E-state index in [9.17, 15) is 9.59 Å². The largest absolute Gasteiger partial charge is 0.481 e. The lowest BCUT2D eigenvalue weighted by atomic mass is 10.0. The summed E-state index contributed by atoms with van der Waals surface area (Å²) in [4.78, 5) is 23.2. The van der Waals surface area contributed by atoms with Crippen molar-refractivity contribution in [3.63, 3.8) is 0 Å². The summed E-state index contributed by atoms with van der Waals surface area (Å²) in [5.41, 5.74) is 3.82. The Morgan fingerprint density at radius 2 is 2.08 bits per heavy atom. The van der Waals surface area contributed by atoms with Gasteiger partial charge < -0.3 is 5.11 Å². The number of thioether (sulfide) groups is 1. The number of carboxylic acid groups (broad SMARTS) is 1. The van der Waals surface area contributed by atoms with Crippen LogP contribution in [-0.2, 0) is 11.2 Å². The topological polar surface area (TPSA) is 97.4 Å². The first-order chi connectivity index (χ1) is 11.5. The maximum Gasteiger partial charge on any atom is 0.303 e. The number of nitrogens with zero attached hydrogens (tertiary/aromatic N) is 4. The third-order valence-corrected chi connectivity index (χ3v) is 4.78. The molecule has 0 bridgehead atoms. The highest BCUT2D eigenvalue weighted by molar-refractivity contribution is 7.99. The third kappa shape index (κ3) is 3.23. The van der Waals surface area contributed by atoms with Gasteiger partial charge in [-0.25, -0.2) is 0 Å². The minimum Gasteiger partial charge on any atom is -0.481 e. The summed E-state index contributed by atoms with van der Waals surface area (Å²) in [6, 6.07) is 6.06. The van der Waals surface area contributed by atoms with Crippen LogP contribution in [0, 0.1) is 13.8 Å². The first-order valence-corrected chi connectivity index (χ1v) is 8.43. The lowest BCUT2D eigenvalue weighted by molar-refractivity contribution is -0.136. The second-order valence-corrected chi connectivity index (χ2v) is 6.52. The zero-order chi connectivity index (χ0) is 17.3. The van der Waals surface area contributed by atoms with Crippen LogP contribution >= 0.6 is 11.8 Å². The fourth-order valence-corrected chi connectivity index (χ4v) is 3.14. The highest BCUT2D eigenvalue weighted by Crippen LogP contribution is 2.22. The number of carbonyl (C=O) groups is 1. The quantitative estimate of drug-likeness (QED) is 0.905. The summed E-state index contributed by atoms with van der Waals surface area (Å²) in [6.45, 7) is 4.08. The predicted molar refractivity (Wildman–Crippen MR) is 90.8 cm³/mol. The van der Waals surface area contributed by atoms with Crippen molar-refractivity contribution in [2.24, 2.45) is 5.10 Å². The zero-order valence-corrected chi connectivity index (χ0v) is 14.1. The molecule has 2 aromatic rings. The van der Waals surface area contributed by atoms with E-state index in [0.717, 1.165) is 16.8 Å². The summed E-state index contributed by atoms with van der Waals surface area (Å²) in [7, 11) is 0. The normalized spacial score (nSPS) is 13.3. The molecule has 7 nitrogen and oxygen atoms in total. The van der Waals surface area contributed by atoms with Crippen LogP contribution in [0.15, 0.2) is 33.3 Å². The molecule has 0 radical (unpaired) electrons. The van der Waals surface area contributed by atoms with Crippen molar-refractivity contribution in [2.75, 3.05) is 5.75 Å². The molecule has 0 unspecified atom stereocenters. The maximum atomic E-state index is 12.5. The van der Waals surface area contributed by atoms with Crippen LogP contribution in [-0.4, -0.2) is 37.4 Å². The summed E-state index contributed by atoms with van der Waals surface area (Å²) < 4.78 is 1.23. The third-order valence-electron chi connectivity index (χ3n) is 3.85. The molecule has 2 heterocycles. The molecule has 124 valence electrons. The van der Waals surface area contributed by atoms with E-state index < -0.39 is 11.5 Å². The minimum atomic E-state index is -0.979. The van der Waals surface area contributed by atoms with E-state index in [2.05, 4.69) is 15.3 Å². The SMILES string of the molecule is Cc1ccc(C2=Nn3c(nnc(CCC(=O)O)c3=O)SC2)cc1C. The summed E-state index contributed by atoms with van der Waals surface area (Å²) in [6.07, 6.45) is -0.120. The van der Waals surface area contributed by atoms with Gasteiger partial charge in [0.2, 0.25) is 5.16 Å². The van der Waals surface area contributed by atoms with Crippen LogP contribution in [0.1, 0.15) is 28.8 Å². The predicted octanol–water partition coefficient (Wildman–Crippen LogP) is 1.63. The van der Waals surface area contributed by atoms with Gasteiger partial charge in [-0.05, 0) is 36.6 Å². The Morgan fingerprint density at radius 1 is 1.29 bits per heavy atom. The summed E-state index contributed by atoms with van der Waals surface area (Å²) in [5.74, 6) is -0.377. The number of hydrogen-bond donors (Lipinski definition) is 1. The average molecular weight is 344 g/mol. The van der Waals surface area contributed by atoms with Gasteiger partial charge in [0, 0.05) is 12.2 Å². The second-order valence-electron chi connectivity index (χ2n) is 5.57. The van der Waals surface area contributed by atoms with Gasteiger partial charge in [-0.15, -0.1) is 10.2 Å². The van der Waals surface area contributed by atoms with Gasteiger partial charge in [0.1, 0.15) is 5.69 Å². The molecule has 8 heteroatoms. The number of aryl methyl sites for hydroxylation is 3. The molecule has 0 aliphatic carbocycles. The van der Waals surface area contributed by atoms with E-state index in [1.165, 1.54) is 22.0 Å². The van der Waals surface area contributed by atoms with Crippen LogP contribution in [0.5, 0.6) is 0 Å². The lowest BCUT2D eigenvalue weighted by Crippen LogP contribution is -2.30. The molecule has 0 spiro atoms. The maximum absolute atomic E-state index is 12.5. The van der Waals surface area contributed by atoms with Crippen LogP contribution < -0.4 is 5.56 Å².